The summed E-state index contributed by atoms with van der Waals surface area (Å²) in [6.07, 6.45) is 6.84. The second-order valence-corrected chi connectivity index (χ2v) is 7.40. The molecule has 0 aliphatic carbocycles. The summed E-state index contributed by atoms with van der Waals surface area (Å²) in [5.74, 6) is 2.68. The van der Waals surface area contributed by atoms with Crippen LogP contribution in [-0.2, 0) is 13.0 Å². The second kappa shape index (κ2) is 6.98. The van der Waals surface area contributed by atoms with Gasteiger partial charge in [0.1, 0.15) is 11.6 Å². The lowest BCUT2D eigenvalue weighted by atomic mass is 9.96. The topological polar surface area (TPSA) is 51.0 Å². The minimum atomic E-state index is 0.143. The first kappa shape index (κ1) is 16.3. The fourth-order valence-corrected chi connectivity index (χ4v) is 4.14. The molecule has 1 saturated heterocycles. The number of piperidine rings is 1. The standard InChI is InChI=1S/C20H26N4O/c1-15-7-5-8-16(13-15)20(25)23-11-6-9-17(14-23)19-22-21-18-10-3-2-4-12-24(18)19/h5,7-8,13,17H,2-4,6,9-12,14H2,1H3. The highest BCUT2D eigenvalue weighted by Gasteiger charge is 2.29. The van der Waals surface area contributed by atoms with Crippen LogP contribution in [0.4, 0.5) is 0 Å². The largest absolute Gasteiger partial charge is 0.338 e. The van der Waals surface area contributed by atoms with Crippen LogP contribution in [0.3, 0.4) is 0 Å². The molecule has 1 amide bonds. The number of carbonyl (C=O) groups is 1. The van der Waals surface area contributed by atoms with Crippen molar-refractivity contribution in [1.29, 1.82) is 0 Å². The number of rotatable bonds is 2. The summed E-state index contributed by atoms with van der Waals surface area (Å²) < 4.78 is 2.33. The monoisotopic (exact) mass is 338 g/mol. The number of aryl methyl sites for hydroxylation is 2. The highest BCUT2D eigenvalue weighted by Crippen LogP contribution is 2.28. The minimum Gasteiger partial charge on any atom is -0.338 e. The maximum Gasteiger partial charge on any atom is 0.253 e. The molecule has 2 aliphatic heterocycles. The van der Waals surface area contributed by atoms with E-state index < -0.39 is 0 Å². The molecule has 25 heavy (non-hydrogen) atoms. The van der Waals surface area contributed by atoms with Gasteiger partial charge >= 0.3 is 0 Å². The van der Waals surface area contributed by atoms with Crippen LogP contribution in [0.2, 0.25) is 0 Å². The van der Waals surface area contributed by atoms with E-state index in [9.17, 15) is 4.79 Å². The van der Waals surface area contributed by atoms with Crippen LogP contribution in [0, 0.1) is 6.92 Å². The van der Waals surface area contributed by atoms with Crippen molar-refractivity contribution in [1.82, 2.24) is 19.7 Å². The fourth-order valence-electron chi connectivity index (χ4n) is 4.14. The summed E-state index contributed by atoms with van der Waals surface area (Å²) in [5, 5.41) is 8.96. The van der Waals surface area contributed by atoms with E-state index in [4.69, 9.17) is 0 Å². The van der Waals surface area contributed by atoms with Crippen molar-refractivity contribution in [2.75, 3.05) is 13.1 Å². The van der Waals surface area contributed by atoms with Gasteiger partial charge in [-0.1, -0.05) is 24.1 Å². The Morgan fingerprint density at radius 3 is 2.92 bits per heavy atom. The molecule has 1 aromatic heterocycles. The molecule has 1 fully saturated rings. The summed E-state index contributed by atoms with van der Waals surface area (Å²) in [5.41, 5.74) is 1.92. The number of amides is 1. The molecule has 1 atom stereocenters. The lowest BCUT2D eigenvalue weighted by Gasteiger charge is -2.32. The summed E-state index contributed by atoms with van der Waals surface area (Å²) in [6.45, 7) is 4.65. The number of fused-ring (bicyclic) bond motifs is 1. The van der Waals surface area contributed by atoms with Gasteiger partial charge in [-0.2, -0.15) is 0 Å². The van der Waals surface area contributed by atoms with Crippen LogP contribution in [0.1, 0.15) is 65.6 Å². The van der Waals surface area contributed by atoms with E-state index in [0.717, 1.165) is 61.7 Å². The van der Waals surface area contributed by atoms with Gasteiger partial charge < -0.3 is 9.47 Å². The Morgan fingerprint density at radius 2 is 2.04 bits per heavy atom. The van der Waals surface area contributed by atoms with Crippen molar-refractivity contribution in [3.63, 3.8) is 0 Å². The predicted molar refractivity (Wildman–Crippen MR) is 96.6 cm³/mol. The van der Waals surface area contributed by atoms with Gasteiger partial charge in [0.2, 0.25) is 0 Å². The molecule has 2 aromatic rings. The van der Waals surface area contributed by atoms with Crippen molar-refractivity contribution >= 4 is 5.91 Å². The third-order valence-corrected chi connectivity index (χ3v) is 5.48. The highest BCUT2D eigenvalue weighted by molar-refractivity contribution is 5.94. The molecular formula is C20H26N4O. The SMILES string of the molecule is Cc1cccc(C(=O)N2CCCC(c3nnc4n3CCCCC4)C2)c1. The van der Waals surface area contributed by atoms with E-state index >= 15 is 0 Å². The van der Waals surface area contributed by atoms with Crippen molar-refractivity contribution < 1.29 is 4.79 Å². The molecule has 4 rings (SSSR count). The van der Waals surface area contributed by atoms with Gasteiger partial charge in [0.05, 0.1) is 0 Å². The van der Waals surface area contributed by atoms with Crippen LogP contribution in [0.5, 0.6) is 0 Å². The molecule has 0 saturated carbocycles. The third kappa shape index (κ3) is 3.32. The molecule has 1 unspecified atom stereocenters. The number of aromatic nitrogens is 3. The molecule has 0 radical (unpaired) electrons. The summed E-state index contributed by atoms with van der Waals surface area (Å²) in [7, 11) is 0. The van der Waals surface area contributed by atoms with E-state index in [-0.39, 0.29) is 5.91 Å². The van der Waals surface area contributed by atoms with Crippen molar-refractivity contribution in [3.05, 3.63) is 47.0 Å². The Hall–Kier alpha value is -2.17. The maximum absolute atomic E-state index is 12.9. The molecule has 5 nitrogen and oxygen atoms in total. The Morgan fingerprint density at radius 1 is 1.12 bits per heavy atom. The Bertz CT molecular complexity index is 767. The lowest BCUT2D eigenvalue weighted by Crippen LogP contribution is -2.39. The van der Waals surface area contributed by atoms with E-state index in [0.29, 0.717) is 5.92 Å². The minimum absolute atomic E-state index is 0.143. The average molecular weight is 338 g/mol. The highest BCUT2D eigenvalue weighted by atomic mass is 16.2. The predicted octanol–water partition coefficient (Wildman–Crippen LogP) is 3.33. The number of nitrogens with zero attached hydrogens (tertiary/aromatic N) is 4. The van der Waals surface area contributed by atoms with Crippen LogP contribution in [-0.4, -0.2) is 38.7 Å². The molecule has 1 aromatic carbocycles. The first-order chi connectivity index (χ1) is 12.2. The maximum atomic E-state index is 12.9. The number of likely N-dealkylation sites (tertiary alicyclic amines) is 1. The van der Waals surface area contributed by atoms with Crippen LogP contribution < -0.4 is 0 Å². The van der Waals surface area contributed by atoms with Crippen molar-refractivity contribution in [3.8, 4) is 0 Å². The van der Waals surface area contributed by atoms with Gasteiger partial charge in [0, 0.05) is 37.5 Å². The number of hydrogen-bond donors (Lipinski definition) is 0. The van der Waals surface area contributed by atoms with E-state index in [1.54, 1.807) is 0 Å². The molecule has 3 heterocycles. The lowest BCUT2D eigenvalue weighted by molar-refractivity contribution is 0.0703. The van der Waals surface area contributed by atoms with Crippen LogP contribution in [0.15, 0.2) is 24.3 Å². The van der Waals surface area contributed by atoms with Crippen LogP contribution >= 0.6 is 0 Å². The van der Waals surface area contributed by atoms with Gasteiger partial charge in [0.15, 0.2) is 0 Å². The molecular weight excluding hydrogens is 312 g/mol. The van der Waals surface area contributed by atoms with Gasteiger partial charge in [0.25, 0.3) is 5.91 Å². The third-order valence-electron chi connectivity index (χ3n) is 5.48. The normalized spacial score (nSPS) is 20.8. The smallest absolute Gasteiger partial charge is 0.253 e. The molecule has 0 spiro atoms. The Balaban J connectivity index is 1.53. The van der Waals surface area contributed by atoms with Crippen molar-refractivity contribution in [2.45, 2.75) is 57.9 Å². The molecule has 5 heteroatoms. The zero-order valence-electron chi connectivity index (χ0n) is 14.9. The van der Waals surface area contributed by atoms with Gasteiger partial charge in [-0.3, -0.25) is 4.79 Å². The van der Waals surface area contributed by atoms with Gasteiger partial charge in [-0.05, 0) is 44.7 Å². The zero-order valence-corrected chi connectivity index (χ0v) is 14.9. The zero-order chi connectivity index (χ0) is 17.2. The molecule has 2 aliphatic rings. The van der Waals surface area contributed by atoms with Crippen LogP contribution in [0.25, 0.3) is 0 Å². The van der Waals surface area contributed by atoms with E-state index in [1.807, 2.05) is 36.1 Å². The first-order valence-corrected chi connectivity index (χ1v) is 9.50. The number of carbonyl (C=O) groups excluding carboxylic acids is 1. The number of benzene rings is 1. The van der Waals surface area contributed by atoms with Gasteiger partial charge in [-0.15, -0.1) is 10.2 Å². The quantitative estimate of drug-likeness (QED) is 0.844. The molecule has 0 N–H and O–H groups in total. The van der Waals surface area contributed by atoms with E-state index in [1.165, 1.54) is 19.3 Å². The van der Waals surface area contributed by atoms with E-state index in [2.05, 4.69) is 14.8 Å². The number of hydrogen-bond acceptors (Lipinski definition) is 3. The summed E-state index contributed by atoms with van der Waals surface area (Å²) in [6, 6.07) is 7.89. The Labute approximate surface area is 149 Å². The van der Waals surface area contributed by atoms with Gasteiger partial charge in [-0.25, -0.2) is 0 Å². The fraction of sp³-hybridized carbons (Fsp3) is 0.550. The summed E-state index contributed by atoms with van der Waals surface area (Å²) in [4.78, 5) is 14.9. The first-order valence-electron chi connectivity index (χ1n) is 9.50. The van der Waals surface area contributed by atoms with Crippen molar-refractivity contribution in [2.24, 2.45) is 0 Å². The molecule has 0 bridgehead atoms. The summed E-state index contributed by atoms with van der Waals surface area (Å²) >= 11 is 0. The second-order valence-electron chi connectivity index (χ2n) is 7.40. The molecule has 132 valence electrons. The average Bonchev–Trinajstić information content (AvgIpc) is 2.90. The Kier molecular flexibility index (Phi) is 4.55.